The summed E-state index contributed by atoms with van der Waals surface area (Å²) in [6.07, 6.45) is -2.38. The number of aliphatic hydroxyl groups is 2. The van der Waals surface area contributed by atoms with E-state index < -0.39 is 18.1 Å². The molecule has 6 nitrogen and oxygen atoms in total. The van der Waals surface area contributed by atoms with Crippen LogP contribution in [-0.2, 0) is 4.79 Å². The molecule has 0 aliphatic heterocycles. The van der Waals surface area contributed by atoms with E-state index in [1.807, 2.05) is 0 Å². The molecule has 0 radical (unpaired) electrons. The van der Waals surface area contributed by atoms with Gasteiger partial charge in [-0.1, -0.05) is 23.2 Å². The van der Waals surface area contributed by atoms with E-state index in [9.17, 15) is 15.0 Å². The normalized spacial score (nSPS) is 14.7. The van der Waals surface area contributed by atoms with Crippen molar-refractivity contribution in [3.05, 3.63) is 22.2 Å². The molecule has 0 bridgehead atoms. The predicted octanol–water partition coefficient (Wildman–Crippen LogP) is -0.337. The van der Waals surface area contributed by atoms with E-state index in [1.54, 1.807) is 0 Å². The van der Waals surface area contributed by atoms with E-state index in [-0.39, 0.29) is 15.9 Å². The molecule has 4 N–H and O–H groups in total. The molecule has 0 fully saturated rings. The number of primary amides is 1. The lowest BCUT2D eigenvalue weighted by atomic mass is 10.1. The van der Waals surface area contributed by atoms with E-state index in [0.29, 0.717) is 0 Å². The molecule has 0 aromatic carbocycles. The summed E-state index contributed by atoms with van der Waals surface area (Å²) in [6.45, 7) is 0. The molecule has 1 aromatic heterocycles. The summed E-state index contributed by atoms with van der Waals surface area (Å²) in [5.41, 5.74) is 4.67. The van der Waals surface area contributed by atoms with Crippen LogP contribution < -0.4 is 5.73 Å². The minimum absolute atomic E-state index is 0.132. The van der Waals surface area contributed by atoms with Crippen molar-refractivity contribution < 1.29 is 15.0 Å². The zero-order valence-corrected chi connectivity index (χ0v) is 8.77. The first-order valence-corrected chi connectivity index (χ1v) is 4.52. The molecule has 0 aliphatic rings. The van der Waals surface area contributed by atoms with Crippen LogP contribution in [0, 0.1) is 0 Å². The van der Waals surface area contributed by atoms with Crippen LogP contribution in [0.2, 0.25) is 10.3 Å². The lowest BCUT2D eigenvalue weighted by Gasteiger charge is -2.16. The monoisotopic (exact) mass is 251 g/mol. The number of aliphatic hydroxyl groups excluding tert-OH is 2. The average Bonchev–Trinajstić information content (AvgIpc) is 2.15. The lowest BCUT2D eigenvalue weighted by molar-refractivity contribution is -0.131. The molecule has 2 unspecified atom stereocenters. The van der Waals surface area contributed by atoms with E-state index in [4.69, 9.17) is 28.9 Å². The van der Waals surface area contributed by atoms with E-state index in [0.717, 1.165) is 6.33 Å². The first-order chi connectivity index (χ1) is 6.95. The number of aromatic nitrogens is 2. The van der Waals surface area contributed by atoms with E-state index in [1.165, 1.54) is 0 Å². The summed E-state index contributed by atoms with van der Waals surface area (Å²) in [7, 11) is 0. The van der Waals surface area contributed by atoms with Crippen LogP contribution in [0.5, 0.6) is 0 Å². The zero-order valence-electron chi connectivity index (χ0n) is 7.26. The summed E-state index contributed by atoms with van der Waals surface area (Å²) in [6, 6.07) is 0. The smallest absolute Gasteiger partial charge is 0.249 e. The number of carbonyl (C=O) groups is 1. The minimum Gasteiger partial charge on any atom is -0.385 e. The van der Waals surface area contributed by atoms with Gasteiger partial charge in [0, 0.05) is 0 Å². The molecular weight excluding hydrogens is 245 g/mol. The Morgan fingerprint density at radius 2 is 1.80 bits per heavy atom. The first kappa shape index (κ1) is 12.1. The number of carbonyl (C=O) groups excluding carboxylic acids is 1. The molecule has 1 rings (SSSR count). The highest BCUT2D eigenvalue weighted by atomic mass is 35.5. The zero-order chi connectivity index (χ0) is 11.6. The maximum Gasteiger partial charge on any atom is 0.249 e. The lowest BCUT2D eigenvalue weighted by Crippen LogP contribution is -2.34. The molecule has 0 aliphatic carbocycles. The summed E-state index contributed by atoms with van der Waals surface area (Å²) in [4.78, 5) is 17.7. The molecule has 0 spiro atoms. The number of hydrogen-bond acceptors (Lipinski definition) is 5. The third kappa shape index (κ3) is 2.54. The highest BCUT2D eigenvalue weighted by molar-refractivity contribution is 6.34. The Hall–Kier alpha value is -0.950. The summed E-state index contributed by atoms with van der Waals surface area (Å²) < 4.78 is 0. The van der Waals surface area contributed by atoms with Gasteiger partial charge in [0.1, 0.15) is 22.7 Å². The van der Waals surface area contributed by atoms with Gasteiger partial charge in [-0.05, 0) is 0 Å². The maximum absolute atomic E-state index is 10.6. The molecule has 1 amide bonds. The first-order valence-electron chi connectivity index (χ1n) is 3.76. The minimum atomic E-state index is -1.81. The van der Waals surface area contributed by atoms with Crippen LogP contribution in [0.4, 0.5) is 0 Å². The van der Waals surface area contributed by atoms with Crippen LogP contribution in [0.25, 0.3) is 0 Å². The number of hydrogen-bond donors (Lipinski definition) is 3. The Morgan fingerprint density at radius 3 is 2.20 bits per heavy atom. The molecule has 2 atom stereocenters. The van der Waals surface area contributed by atoms with Crippen LogP contribution in [0.1, 0.15) is 11.7 Å². The Morgan fingerprint density at radius 1 is 1.33 bits per heavy atom. The quantitative estimate of drug-likeness (QED) is 0.637. The fourth-order valence-corrected chi connectivity index (χ4v) is 1.45. The van der Waals surface area contributed by atoms with Crippen LogP contribution in [-0.4, -0.2) is 32.2 Å². The molecule has 0 saturated heterocycles. The highest BCUT2D eigenvalue weighted by Gasteiger charge is 2.28. The molecule has 15 heavy (non-hydrogen) atoms. The Labute approximate surface area is 94.7 Å². The van der Waals surface area contributed by atoms with Gasteiger partial charge in [0.15, 0.2) is 6.10 Å². The Kier molecular flexibility index (Phi) is 3.81. The van der Waals surface area contributed by atoms with Crippen molar-refractivity contribution >= 4 is 29.1 Å². The molecule has 1 aromatic rings. The van der Waals surface area contributed by atoms with Crippen molar-refractivity contribution in [2.24, 2.45) is 5.73 Å². The number of rotatable bonds is 3. The summed E-state index contributed by atoms with van der Waals surface area (Å²) in [5.74, 6) is -1.10. The van der Waals surface area contributed by atoms with Crippen LogP contribution >= 0.6 is 23.2 Å². The van der Waals surface area contributed by atoms with Crippen molar-refractivity contribution in [2.45, 2.75) is 12.2 Å². The van der Waals surface area contributed by atoms with Crippen molar-refractivity contribution in [3.8, 4) is 0 Å². The Bertz CT molecular complexity index is 367. The number of halogens is 2. The third-order valence-electron chi connectivity index (χ3n) is 1.67. The van der Waals surface area contributed by atoms with Gasteiger partial charge in [-0.3, -0.25) is 4.79 Å². The van der Waals surface area contributed by atoms with Gasteiger partial charge in [-0.2, -0.15) is 0 Å². The van der Waals surface area contributed by atoms with Gasteiger partial charge < -0.3 is 15.9 Å². The van der Waals surface area contributed by atoms with Gasteiger partial charge >= 0.3 is 0 Å². The second kappa shape index (κ2) is 4.71. The number of amides is 1. The van der Waals surface area contributed by atoms with E-state index >= 15 is 0 Å². The summed E-state index contributed by atoms with van der Waals surface area (Å²) in [5, 5.41) is 18.4. The second-order valence-corrected chi connectivity index (χ2v) is 3.38. The number of nitrogens with zero attached hydrogens (tertiary/aromatic N) is 2. The van der Waals surface area contributed by atoms with Gasteiger partial charge in [-0.25, -0.2) is 9.97 Å². The van der Waals surface area contributed by atoms with Gasteiger partial charge in [0.05, 0.1) is 5.56 Å². The fraction of sp³-hybridized carbons (Fsp3) is 0.286. The second-order valence-electron chi connectivity index (χ2n) is 2.66. The van der Waals surface area contributed by atoms with E-state index in [2.05, 4.69) is 9.97 Å². The van der Waals surface area contributed by atoms with Crippen molar-refractivity contribution in [2.75, 3.05) is 0 Å². The maximum atomic E-state index is 10.6. The SMILES string of the molecule is NC(=O)C(O)C(O)c1c(Cl)ncnc1Cl. The van der Waals surface area contributed by atoms with Crippen molar-refractivity contribution in [3.63, 3.8) is 0 Å². The highest BCUT2D eigenvalue weighted by Crippen LogP contribution is 2.28. The average molecular weight is 252 g/mol. The largest absolute Gasteiger partial charge is 0.385 e. The topological polar surface area (TPSA) is 109 Å². The van der Waals surface area contributed by atoms with Gasteiger partial charge in [-0.15, -0.1) is 0 Å². The standard InChI is InChI=1S/C7H7Cl2N3O3/c8-5-2(6(9)12-1-11-5)3(13)4(14)7(10)15/h1,3-4,13-14H,(H2,10,15). The molecule has 8 heteroatoms. The van der Waals surface area contributed by atoms with Crippen LogP contribution in [0.3, 0.4) is 0 Å². The molecule has 82 valence electrons. The van der Waals surface area contributed by atoms with Gasteiger partial charge in [0.2, 0.25) is 5.91 Å². The van der Waals surface area contributed by atoms with Crippen molar-refractivity contribution in [1.82, 2.24) is 9.97 Å². The molecule has 0 saturated carbocycles. The number of nitrogens with two attached hydrogens (primary N) is 1. The predicted molar refractivity (Wildman–Crippen MR) is 52.2 cm³/mol. The summed E-state index contributed by atoms with van der Waals surface area (Å²) >= 11 is 11.2. The molecular formula is C7H7Cl2N3O3. The molecule has 1 heterocycles. The van der Waals surface area contributed by atoms with Crippen LogP contribution in [0.15, 0.2) is 6.33 Å². The fourth-order valence-electron chi connectivity index (χ4n) is 0.912. The van der Waals surface area contributed by atoms with Crippen molar-refractivity contribution in [1.29, 1.82) is 0 Å². The third-order valence-corrected chi connectivity index (χ3v) is 2.28. The Balaban J connectivity index is 3.10. The van der Waals surface area contributed by atoms with Gasteiger partial charge in [0.25, 0.3) is 0 Å².